The van der Waals surface area contributed by atoms with E-state index in [-0.39, 0.29) is 5.91 Å². The highest BCUT2D eigenvalue weighted by molar-refractivity contribution is 6.04. The molecule has 0 radical (unpaired) electrons. The zero-order chi connectivity index (χ0) is 13.1. The van der Waals surface area contributed by atoms with Gasteiger partial charge in [-0.25, -0.2) is 0 Å². The first-order valence-corrected chi connectivity index (χ1v) is 5.87. The monoisotopic (exact) mass is 240 g/mol. The third kappa shape index (κ3) is 2.74. The maximum absolute atomic E-state index is 12.0. The van der Waals surface area contributed by atoms with Crippen molar-refractivity contribution in [3.8, 4) is 0 Å². The standard InChI is InChI=1S/C15H16N2O/c1-10-4-7-14(11(2)8-10)17-15(18)13-6-5-12(3)16-9-13/h4-9H,1-3H3,(H,17,18). The van der Waals surface area contributed by atoms with Gasteiger partial charge in [0.2, 0.25) is 0 Å². The van der Waals surface area contributed by atoms with Crippen LogP contribution >= 0.6 is 0 Å². The van der Waals surface area contributed by atoms with Crippen LogP contribution in [0.3, 0.4) is 0 Å². The normalized spacial score (nSPS) is 10.2. The number of hydrogen-bond donors (Lipinski definition) is 1. The van der Waals surface area contributed by atoms with Gasteiger partial charge in [0.05, 0.1) is 5.56 Å². The van der Waals surface area contributed by atoms with Gasteiger partial charge in [0.1, 0.15) is 0 Å². The number of hydrogen-bond acceptors (Lipinski definition) is 2. The van der Waals surface area contributed by atoms with Crippen LogP contribution in [-0.2, 0) is 0 Å². The summed E-state index contributed by atoms with van der Waals surface area (Å²) < 4.78 is 0. The van der Waals surface area contributed by atoms with Crippen molar-refractivity contribution in [2.75, 3.05) is 5.32 Å². The van der Waals surface area contributed by atoms with E-state index in [1.54, 1.807) is 12.3 Å². The fourth-order valence-electron chi connectivity index (χ4n) is 1.75. The minimum absolute atomic E-state index is 0.130. The molecule has 0 saturated carbocycles. The molecule has 0 aliphatic rings. The largest absolute Gasteiger partial charge is 0.322 e. The molecule has 0 fully saturated rings. The molecule has 1 heterocycles. The van der Waals surface area contributed by atoms with Crippen molar-refractivity contribution in [3.05, 3.63) is 58.9 Å². The predicted molar refractivity (Wildman–Crippen MR) is 72.8 cm³/mol. The van der Waals surface area contributed by atoms with Gasteiger partial charge in [-0.15, -0.1) is 0 Å². The van der Waals surface area contributed by atoms with E-state index in [0.29, 0.717) is 5.56 Å². The quantitative estimate of drug-likeness (QED) is 0.875. The first-order valence-electron chi connectivity index (χ1n) is 5.87. The Morgan fingerprint density at radius 2 is 1.89 bits per heavy atom. The molecule has 2 aromatic rings. The molecule has 0 saturated heterocycles. The smallest absolute Gasteiger partial charge is 0.257 e. The number of amides is 1. The predicted octanol–water partition coefficient (Wildman–Crippen LogP) is 3.26. The molecule has 3 nitrogen and oxygen atoms in total. The number of pyridine rings is 1. The van der Waals surface area contributed by atoms with Crippen LogP contribution in [0.15, 0.2) is 36.5 Å². The molecule has 0 spiro atoms. The Kier molecular flexibility index (Phi) is 3.42. The summed E-state index contributed by atoms with van der Waals surface area (Å²) in [5.41, 5.74) is 4.55. The van der Waals surface area contributed by atoms with Gasteiger partial charge in [-0.2, -0.15) is 0 Å². The molecule has 0 aliphatic carbocycles. The number of carbonyl (C=O) groups excluding carboxylic acids is 1. The topological polar surface area (TPSA) is 42.0 Å². The SMILES string of the molecule is Cc1ccc(NC(=O)c2ccc(C)nc2)c(C)c1. The summed E-state index contributed by atoms with van der Waals surface area (Å²) in [7, 11) is 0. The van der Waals surface area contributed by atoms with Gasteiger partial charge in [-0.3, -0.25) is 9.78 Å². The molecule has 1 amide bonds. The zero-order valence-corrected chi connectivity index (χ0v) is 10.8. The Morgan fingerprint density at radius 1 is 1.11 bits per heavy atom. The maximum atomic E-state index is 12.0. The van der Waals surface area contributed by atoms with E-state index in [0.717, 1.165) is 16.9 Å². The number of nitrogens with zero attached hydrogens (tertiary/aromatic N) is 1. The van der Waals surface area contributed by atoms with Crippen LogP contribution in [0.25, 0.3) is 0 Å². The zero-order valence-electron chi connectivity index (χ0n) is 10.8. The van der Waals surface area contributed by atoms with Crippen LogP contribution in [0.2, 0.25) is 0 Å². The van der Waals surface area contributed by atoms with E-state index in [1.165, 1.54) is 5.56 Å². The summed E-state index contributed by atoms with van der Waals surface area (Å²) in [6.07, 6.45) is 1.59. The Balaban J connectivity index is 2.18. The van der Waals surface area contributed by atoms with Crippen molar-refractivity contribution < 1.29 is 4.79 Å². The van der Waals surface area contributed by atoms with Crippen molar-refractivity contribution in [1.82, 2.24) is 4.98 Å². The number of aryl methyl sites for hydroxylation is 3. The molecule has 1 N–H and O–H groups in total. The van der Waals surface area contributed by atoms with E-state index in [4.69, 9.17) is 0 Å². The Bertz CT molecular complexity index is 574. The van der Waals surface area contributed by atoms with Crippen molar-refractivity contribution in [2.45, 2.75) is 20.8 Å². The lowest BCUT2D eigenvalue weighted by Crippen LogP contribution is -2.13. The second kappa shape index (κ2) is 5.00. The van der Waals surface area contributed by atoms with E-state index in [2.05, 4.69) is 10.3 Å². The molecule has 0 unspecified atom stereocenters. The first-order chi connectivity index (χ1) is 8.56. The number of nitrogens with one attached hydrogen (secondary N) is 1. The third-order valence-corrected chi connectivity index (χ3v) is 2.80. The second-order valence-electron chi connectivity index (χ2n) is 4.46. The van der Waals surface area contributed by atoms with E-state index in [1.807, 2.05) is 45.0 Å². The van der Waals surface area contributed by atoms with Crippen molar-refractivity contribution >= 4 is 11.6 Å². The average molecular weight is 240 g/mol. The molecular weight excluding hydrogens is 224 g/mol. The molecule has 92 valence electrons. The molecule has 0 aliphatic heterocycles. The van der Waals surface area contributed by atoms with E-state index in [9.17, 15) is 4.79 Å². The lowest BCUT2D eigenvalue weighted by molar-refractivity contribution is 0.102. The number of anilines is 1. The fourth-order valence-corrected chi connectivity index (χ4v) is 1.75. The van der Waals surface area contributed by atoms with Crippen LogP contribution in [-0.4, -0.2) is 10.9 Å². The van der Waals surface area contributed by atoms with Gasteiger partial charge in [0, 0.05) is 17.6 Å². The van der Waals surface area contributed by atoms with E-state index >= 15 is 0 Å². The Hall–Kier alpha value is -2.16. The van der Waals surface area contributed by atoms with Crippen molar-refractivity contribution in [1.29, 1.82) is 0 Å². The van der Waals surface area contributed by atoms with Crippen LogP contribution in [0.5, 0.6) is 0 Å². The fraction of sp³-hybridized carbons (Fsp3) is 0.200. The number of aromatic nitrogens is 1. The number of carbonyl (C=O) groups is 1. The summed E-state index contributed by atoms with van der Waals surface area (Å²) in [5.74, 6) is -0.130. The van der Waals surface area contributed by atoms with Gasteiger partial charge in [0.15, 0.2) is 0 Å². The first kappa shape index (κ1) is 12.3. The Labute approximate surface area is 107 Å². The van der Waals surface area contributed by atoms with Crippen LogP contribution in [0, 0.1) is 20.8 Å². The lowest BCUT2D eigenvalue weighted by Gasteiger charge is -2.09. The molecule has 2 rings (SSSR count). The molecule has 1 aromatic carbocycles. The van der Waals surface area contributed by atoms with Gasteiger partial charge < -0.3 is 5.32 Å². The molecule has 0 bridgehead atoms. The molecule has 1 aromatic heterocycles. The van der Waals surface area contributed by atoms with Crippen LogP contribution in [0.4, 0.5) is 5.69 Å². The highest BCUT2D eigenvalue weighted by Gasteiger charge is 2.07. The Morgan fingerprint density at radius 3 is 2.50 bits per heavy atom. The summed E-state index contributed by atoms with van der Waals surface area (Å²) in [6.45, 7) is 5.91. The molecular formula is C15H16N2O. The van der Waals surface area contributed by atoms with Crippen LogP contribution < -0.4 is 5.32 Å². The average Bonchev–Trinajstić information content (AvgIpc) is 2.33. The molecule has 3 heteroatoms. The highest BCUT2D eigenvalue weighted by Crippen LogP contribution is 2.16. The lowest BCUT2D eigenvalue weighted by atomic mass is 10.1. The number of benzene rings is 1. The van der Waals surface area contributed by atoms with Gasteiger partial charge >= 0.3 is 0 Å². The summed E-state index contributed by atoms with van der Waals surface area (Å²) in [6, 6.07) is 9.56. The minimum Gasteiger partial charge on any atom is -0.322 e. The van der Waals surface area contributed by atoms with Gasteiger partial charge in [-0.1, -0.05) is 17.7 Å². The second-order valence-corrected chi connectivity index (χ2v) is 4.46. The van der Waals surface area contributed by atoms with E-state index < -0.39 is 0 Å². The third-order valence-electron chi connectivity index (χ3n) is 2.80. The minimum atomic E-state index is -0.130. The van der Waals surface area contributed by atoms with Gasteiger partial charge in [-0.05, 0) is 44.5 Å². The van der Waals surface area contributed by atoms with Crippen molar-refractivity contribution in [2.24, 2.45) is 0 Å². The van der Waals surface area contributed by atoms with Crippen LogP contribution in [0.1, 0.15) is 27.2 Å². The molecule has 18 heavy (non-hydrogen) atoms. The highest BCUT2D eigenvalue weighted by atomic mass is 16.1. The molecule has 0 atom stereocenters. The van der Waals surface area contributed by atoms with Gasteiger partial charge in [0.25, 0.3) is 5.91 Å². The maximum Gasteiger partial charge on any atom is 0.257 e. The summed E-state index contributed by atoms with van der Waals surface area (Å²) in [4.78, 5) is 16.1. The summed E-state index contributed by atoms with van der Waals surface area (Å²) in [5, 5.41) is 2.89. The van der Waals surface area contributed by atoms with Crippen molar-refractivity contribution in [3.63, 3.8) is 0 Å². The number of rotatable bonds is 2. The summed E-state index contributed by atoms with van der Waals surface area (Å²) >= 11 is 0.